The number of aryl methyl sites for hydroxylation is 2. The lowest BCUT2D eigenvalue weighted by atomic mass is 9.79. The topological polar surface area (TPSA) is 62.2 Å². The molecule has 1 amide bonds. The minimum atomic E-state index is -0.962. The monoisotopic (exact) mass is 310 g/mol. The van der Waals surface area contributed by atoms with Crippen LogP contribution >= 0.6 is 0 Å². The molecule has 0 spiro atoms. The fourth-order valence-corrected chi connectivity index (χ4v) is 3.18. The van der Waals surface area contributed by atoms with Gasteiger partial charge in [-0.15, -0.1) is 0 Å². The van der Waals surface area contributed by atoms with Crippen molar-refractivity contribution in [1.29, 1.82) is 0 Å². The molecule has 0 radical (unpaired) electrons. The Labute approximate surface area is 136 Å². The molecule has 2 aromatic rings. The summed E-state index contributed by atoms with van der Waals surface area (Å²) < 4.78 is 0. The number of fused-ring (bicyclic) bond motifs is 1. The maximum atomic E-state index is 12.1. The molecule has 1 aliphatic carbocycles. The van der Waals surface area contributed by atoms with Crippen LogP contribution in [0.15, 0.2) is 42.6 Å². The number of hydrogen-bond donors (Lipinski definition) is 2. The molecule has 1 aromatic carbocycles. The smallest absolute Gasteiger partial charge is 0.224 e. The average Bonchev–Trinajstić information content (AvgIpc) is 2.56. The number of pyridine rings is 1. The van der Waals surface area contributed by atoms with Crippen molar-refractivity contribution in [2.45, 2.75) is 38.2 Å². The molecule has 0 fully saturated rings. The van der Waals surface area contributed by atoms with E-state index in [0.717, 1.165) is 29.7 Å². The quantitative estimate of drug-likeness (QED) is 0.910. The van der Waals surface area contributed by atoms with Crippen LogP contribution in [0, 0.1) is 6.92 Å². The zero-order valence-electron chi connectivity index (χ0n) is 13.4. The van der Waals surface area contributed by atoms with E-state index in [1.54, 1.807) is 6.20 Å². The van der Waals surface area contributed by atoms with Gasteiger partial charge in [0, 0.05) is 11.9 Å². The third kappa shape index (κ3) is 3.59. The number of rotatable bonds is 4. The number of aliphatic hydroxyl groups is 1. The van der Waals surface area contributed by atoms with E-state index in [1.165, 1.54) is 5.56 Å². The van der Waals surface area contributed by atoms with Gasteiger partial charge in [0.25, 0.3) is 0 Å². The highest BCUT2D eigenvalue weighted by Gasteiger charge is 2.34. The SMILES string of the molecule is Cc1ccc(CC(=O)NCC2(O)CCCc3ccccc32)cn1. The number of aromatic nitrogens is 1. The molecular weight excluding hydrogens is 288 g/mol. The van der Waals surface area contributed by atoms with Gasteiger partial charge in [0.05, 0.1) is 13.0 Å². The van der Waals surface area contributed by atoms with E-state index in [2.05, 4.69) is 16.4 Å². The Hall–Kier alpha value is -2.20. The van der Waals surface area contributed by atoms with Crippen molar-refractivity contribution in [3.05, 3.63) is 65.0 Å². The van der Waals surface area contributed by atoms with Crippen LogP contribution < -0.4 is 5.32 Å². The van der Waals surface area contributed by atoms with E-state index < -0.39 is 5.60 Å². The van der Waals surface area contributed by atoms with Crippen LogP contribution in [0.1, 0.15) is 35.2 Å². The summed E-state index contributed by atoms with van der Waals surface area (Å²) in [7, 11) is 0. The van der Waals surface area contributed by atoms with Gasteiger partial charge < -0.3 is 10.4 Å². The van der Waals surface area contributed by atoms with E-state index in [1.807, 2.05) is 37.3 Å². The number of carbonyl (C=O) groups is 1. The highest BCUT2D eigenvalue weighted by molar-refractivity contribution is 5.78. The van der Waals surface area contributed by atoms with Crippen LogP contribution in [0.3, 0.4) is 0 Å². The fraction of sp³-hybridized carbons (Fsp3) is 0.368. The second kappa shape index (κ2) is 6.50. The van der Waals surface area contributed by atoms with Crippen LogP contribution in [0.4, 0.5) is 0 Å². The number of carbonyl (C=O) groups excluding carboxylic acids is 1. The van der Waals surface area contributed by atoms with Gasteiger partial charge in [-0.05, 0) is 48.9 Å². The first kappa shape index (κ1) is 15.7. The normalized spacial score (nSPS) is 19.9. The number of nitrogens with one attached hydrogen (secondary N) is 1. The molecule has 0 bridgehead atoms. The van der Waals surface area contributed by atoms with E-state index in [4.69, 9.17) is 0 Å². The zero-order chi connectivity index (χ0) is 16.3. The van der Waals surface area contributed by atoms with Gasteiger partial charge in [0.1, 0.15) is 5.60 Å². The van der Waals surface area contributed by atoms with Crippen LogP contribution in [0.5, 0.6) is 0 Å². The molecule has 23 heavy (non-hydrogen) atoms. The zero-order valence-corrected chi connectivity index (χ0v) is 13.4. The first-order valence-electron chi connectivity index (χ1n) is 8.06. The number of hydrogen-bond acceptors (Lipinski definition) is 3. The minimum Gasteiger partial charge on any atom is -0.383 e. The van der Waals surface area contributed by atoms with Crippen molar-refractivity contribution in [2.75, 3.05) is 6.54 Å². The molecule has 1 heterocycles. The Morgan fingerprint density at radius 1 is 1.30 bits per heavy atom. The third-order valence-electron chi connectivity index (χ3n) is 4.47. The van der Waals surface area contributed by atoms with Crippen LogP contribution in [-0.4, -0.2) is 22.5 Å². The lowest BCUT2D eigenvalue weighted by Gasteiger charge is -2.34. The molecular formula is C19H22N2O2. The van der Waals surface area contributed by atoms with Gasteiger partial charge in [-0.25, -0.2) is 0 Å². The summed E-state index contributed by atoms with van der Waals surface area (Å²) in [5, 5.41) is 13.8. The van der Waals surface area contributed by atoms with Gasteiger partial charge in [0.2, 0.25) is 5.91 Å². The van der Waals surface area contributed by atoms with Crippen molar-refractivity contribution in [3.8, 4) is 0 Å². The van der Waals surface area contributed by atoms with Gasteiger partial charge in [-0.1, -0.05) is 30.3 Å². The number of nitrogens with zero attached hydrogens (tertiary/aromatic N) is 1. The van der Waals surface area contributed by atoms with E-state index >= 15 is 0 Å². The van der Waals surface area contributed by atoms with E-state index in [0.29, 0.717) is 6.42 Å². The Morgan fingerprint density at radius 3 is 2.91 bits per heavy atom. The van der Waals surface area contributed by atoms with Crippen molar-refractivity contribution in [1.82, 2.24) is 10.3 Å². The fourth-order valence-electron chi connectivity index (χ4n) is 3.18. The van der Waals surface area contributed by atoms with Crippen LogP contribution in [0.25, 0.3) is 0 Å². The Balaban J connectivity index is 1.64. The highest BCUT2D eigenvalue weighted by Crippen LogP contribution is 2.34. The predicted molar refractivity (Wildman–Crippen MR) is 89.0 cm³/mol. The van der Waals surface area contributed by atoms with Crippen LogP contribution in [-0.2, 0) is 23.2 Å². The maximum absolute atomic E-state index is 12.1. The Kier molecular flexibility index (Phi) is 4.44. The first-order valence-corrected chi connectivity index (χ1v) is 8.06. The highest BCUT2D eigenvalue weighted by atomic mass is 16.3. The first-order chi connectivity index (χ1) is 11.1. The second-order valence-corrected chi connectivity index (χ2v) is 6.30. The molecule has 3 rings (SSSR count). The van der Waals surface area contributed by atoms with Gasteiger partial charge >= 0.3 is 0 Å². The Bertz CT molecular complexity index is 697. The maximum Gasteiger partial charge on any atom is 0.224 e. The molecule has 2 N–H and O–H groups in total. The lowest BCUT2D eigenvalue weighted by molar-refractivity contribution is -0.122. The Morgan fingerprint density at radius 2 is 2.13 bits per heavy atom. The summed E-state index contributed by atoms with van der Waals surface area (Å²) in [6.07, 6.45) is 4.60. The number of benzene rings is 1. The molecule has 0 aliphatic heterocycles. The summed E-state index contributed by atoms with van der Waals surface area (Å²) in [6.45, 7) is 2.17. The minimum absolute atomic E-state index is 0.0906. The largest absolute Gasteiger partial charge is 0.383 e. The van der Waals surface area contributed by atoms with Crippen LogP contribution in [0.2, 0.25) is 0 Å². The summed E-state index contributed by atoms with van der Waals surface area (Å²) >= 11 is 0. The molecule has 4 heteroatoms. The average molecular weight is 310 g/mol. The molecule has 1 aliphatic rings. The molecule has 1 unspecified atom stereocenters. The molecule has 0 saturated carbocycles. The van der Waals surface area contributed by atoms with Gasteiger partial charge in [-0.2, -0.15) is 0 Å². The number of amides is 1. The third-order valence-corrected chi connectivity index (χ3v) is 4.47. The molecule has 1 aromatic heterocycles. The van der Waals surface area contributed by atoms with E-state index in [9.17, 15) is 9.90 Å². The van der Waals surface area contributed by atoms with Crippen molar-refractivity contribution in [3.63, 3.8) is 0 Å². The van der Waals surface area contributed by atoms with Crippen molar-refractivity contribution in [2.24, 2.45) is 0 Å². The lowest BCUT2D eigenvalue weighted by Crippen LogP contribution is -2.43. The summed E-state index contributed by atoms with van der Waals surface area (Å²) in [4.78, 5) is 16.3. The molecule has 120 valence electrons. The molecule has 4 nitrogen and oxygen atoms in total. The molecule has 1 atom stereocenters. The van der Waals surface area contributed by atoms with Crippen molar-refractivity contribution < 1.29 is 9.90 Å². The standard InChI is InChI=1S/C19H22N2O2/c1-14-8-9-15(12-20-14)11-18(22)21-13-19(23)10-4-6-16-5-2-3-7-17(16)19/h2-3,5,7-9,12,23H,4,6,10-11,13H2,1H3,(H,21,22). The summed E-state index contributed by atoms with van der Waals surface area (Å²) in [5.41, 5.74) is 2.98. The summed E-state index contributed by atoms with van der Waals surface area (Å²) in [5.74, 6) is -0.0906. The summed E-state index contributed by atoms with van der Waals surface area (Å²) in [6, 6.07) is 11.8. The second-order valence-electron chi connectivity index (χ2n) is 6.30. The van der Waals surface area contributed by atoms with Crippen molar-refractivity contribution >= 4 is 5.91 Å². The van der Waals surface area contributed by atoms with Gasteiger partial charge in [-0.3, -0.25) is 9.78 Å². The van der Waals surface area contributed by atoms with E-state index in [-0.39, 0.29) is 18.9 Å². The predicted octanol–water partition coefficient (Wildman–Crippen LogP) is 2.27. The molecule has 0 saturated heterocycles. The van der Waals surface area contributed by atoms with Gasteiger partial charge in [0.15, 0.2) is 0 Å².